The number of fused-ring (bicyclic) bond motifs is 1. The van der Waals surface area contributed by atoms with E-state index in [0.717, 1.165) is 24.6 Å². The molecule has 0 saturated carbocycles. The molecule has 0 radical (unpaired) electrons. The maximum Gasteiger partial charge on any atom is 0.0413 e. The fourth-order valence-electron chi connectivity index (χ4n) is 3.42. The molecule has 0 bridgehead atoms. The summed E-state index contributed by atoms with van der Waals surface area (Å²) in [6.45, 7) is 5.50. The van der Waals surface area contributed by atoms with Gasteiger partial charge in [0.2, 0.25) is 0 Å². The lowest BCUT2D eigenvalue weighted by Gasteiger charge is -2.44. The number of nitrogens with zero attached hydrogens (tertiary/aromatic N) is 1. The first kappa shape index (κ1) is 12.5. The summed E-state index contributed by atoms with van der Waals surface area (Å²) in [5.41, 5.74) is 9.39. The van der Waals surface area contributed by atoms with Crippen molar-refractivity contribution in [3.63, 3.8) is 0 Å². The van der Waals surface area contributed by atoms with Crippen LogP contribution in [0, 0.1) is 0 Å². The second kappa shape index (κ2) is 4.87. The molecule has 2 aliphatic rings. The lowest BCUT2D eigenvalue weighted by Crippen LogP contribution is -2.58. The fraction of sp³-hybridized carbons (Fsp3) is 0.600. The van der Waals surface area contributed by atoms with Crippen LogP contribution in [-0.2, 0) is 12.8 Å². The molecule has 0 spiro atoms. The summed E-state index contributed by atoms with van der Waals surface area (Å²) < 4.78 is 0. The van der Waals surface area contributed by atoms with E-state index >= 15 is 0 Å². The molecule has 98 valence electrons. The van der Waals surface area contributed by atoms with Gasteiger partial charge < -0.3 is 5.73 Å². The molecule has 1 aliphatic carbocycles. The van der Waals surface area contributed by atoms with Crippen molar-refractivity contribution in [1.29, 1.82) is 0 Å². The number of hydrogen-bond donors (Lipinski definition) is 1. The minimum Gasteiger partial charge on any atom is -0.329 e. The Morgan fingerprint density at radius 2 is 2.00 bits per heavy atom. The Balaban J connectivity index is 1.85. The molecule has 1 aromatic rings. The molecular weight excluding hydrogens is 240 g/mol. The zero-order valence-corrected chi connectivity index (χ0v) is 11.9. The van der Waals surface area contributed by atoms with Gasteiger partial charge in [0.15, 0.2) is 0 Å². The van der Waals surface area contributed by atoms with E-state index in [1.165, 1.54) is 30.0 Å². The van der Waals surface area contributed by atoms with Crippen LogP contribution in [-0.4, -0.2) is 41.1 Å². The molecule has 1 fully saturated rings. The molecule has 1 saturated heterocycles. The monoisotopic (exact) mass is 262 g/mol. The maximum atomic E-state index is 6.18. The van der Waals surface area contributed by atoms with Crippen LogP contribution in [0.2, 0.25) is 0 Å². The molecule has 1 atom stereocenters. The highest BCUT2D eigenvalue weighted by Gasteiger charge is 2.42. The smallest absolute Gasteiger partial charge is 0.0413 e. The number of hydrogen-bond acceptors (Lipinski definition) is 3. The minimum absolute atomic E-state index is 0.193. The van der Waals surface area contributed by atoms with Crippen LogP contribution in [0.5, 0.6) is 0 Å². The van der Waals surface area contributed by atoms with Crippen LogP contribution in [0.1, 0.15) is 18.1 Å². The predicted molar refractivity (Wildman–Crippen MR) is 79.1 cm³/mol. The van der Waals surface area contributed by atoms with E-state index in [9.17, 15) is 0 Å². The second-order valence-electron chi connectivity index (χ2n) is 5.68. The van der Waals surface area contributed by atoms with Gasteiger partial charge in [0.1, 0.15) is 0 Å². The third kappa shape index (κ3) is 2.09. The van der Waals surface area contributed by atoms with E-state index < -0.39 is 0 Å². The summed E-state index contributed by atoms with van der Waals surface area (Å²) in [6.07, 6.45) is 2.27. The highest BCUT2D eigenvalue weighted by Crippen LogP contribution is 2.36. The number of nitrogens with two attached hydrogens (primary N) is 1. The fourth-order valence-corrected chi connectivity index (χ4v) is 4.43. The average Bonchev–Trinajstić information content (AvgIpc) is 2.78. The molecular formula is C15H22N2S. The van der Waals surface area contributed by atoms with Crippen LogP contribution in [0.4, 0.5) is 0 Å². The Hall–Kier alpha value is -0.510. The number of rotatable bonds is 2. The first-order chi connectivity index (χ1) is 8.73. The molecule has 1 aromatic carbocycles. The molecule has 2 nitrogen and oxygen atoms in total. The molecule has 3 heteroatoms. The van der Waals surface area contributed by atoms with E-state index in [4.69, 9.17) is 5.73 Å². The summed E-state index contributed by atoms with van der Waals surface area (Å²) in [6, 6.07) is 8.85. The topological polar surface area (TPSA) is 29.3 Å². The Bertz CT molecular complexity index is 407. The van der Waals surface area contributed by atoms with Gasteiger partial charge in [-0.1, -0.05) is 31.2 Å². The second-order valence-corrected chi connectivity index (χ2v) is 7.22. The zero-order chi connectivity index (χ0) is 12.6. The van der Waals surface area contributed by atoms with Gasteiger partial charge in [0.25, 0.3) is 0 Å². The van der Waals surface area contributed by atoms with Gasteiger partial charge in [-0.2, -0.15) is 11.8 Å². The molecule has 1 aliphatic heterocycles. The van der Waals surface area contributed by atoms with E-state index in [1.54, 1.807) is 0 Å². The van der Waals surface area contributed by atoms with Crippen molar-refractivity contribution in [2.75, 3.05) is 25.4 Å². The van der Waals surface area contributed by atoms with Crippen molar-refractivity contribution in [3.05, 3.63) is 35.4 Å². The molecule has 1 heterocycles. The quantitative estimate of drug-likeness (QED) is 0.883. The van der Waals surface area contributed by atoms with Gasteiger partial charge >= 0.3 is 0 Å². The summed E-state index contributed by atoms with van der Waals surface area (Å²) in [5.74, 6) is 1.25. The SMILES string of the molecule is CC1CN(C2(CN)Cc3ccccc3C2)CCS1. The highest BCUT2D eigenvalue weighted by molar-refractivity contribution is 7.99. The van der Waals surface area contributed by atoms with Crippen molar-refractivity contribution >= 4 is 11.8 Å². The van der Waals surface area contributed by atoms with Crippen LogP contribution in [0.25, 0.3) is 0 Å². The van der Waals surface area contributed by atoms with Gasteiger partial charge in [0.05, 0.1) is 0 Å². The Labute approximate surface area is 114 Å². The number of benzene rings is 1. The lowest BCUT2D eigenvalue weighted by atomic mass is 9.93. The molecule has 1 unspecified atom stereocenters. The van der Waals surface area contributed by atoms with Crippen LogP contribution < -0.4 is 5.73 Å². The Morgan fingerprint density at radius 3 is 2.56 bits per heavy atom. The summed E-state index contributed by atoms with van der Waals surface area (Å²) >= 11 is 2.09. The van der Waals surface area contributed by atoms with Gasteiger partial charge in [-0.15, -0.1) is 0 Å². The Kier molecular flexibility index (Phi) is 3.39. The Morgan fingerprint density at radius 1 is 1.33 bits per heavy atom. The van der Waals surface area contributed by atoms with E-state index in [-0.39, 0.29) is 5.54 Å². The van der Waals surface area contributed by atoms with E-state index in [1.807, 2.05) is 0 Å². The van der Waals surface area contributed by atoms with Crippen LogP contribution in [0.3, 0.4) is 0 Å². The summed E-state index contributed by atoms with van der Waals surface area (Å²) in [5, 5.41) is 0.742. The molecule has 2 N–H and O–H groups in total. The van der Waals surface area contributed by atoms with Crippen molar-refractivity contribution in [2.24, 2.45) is 5.73 Å². The first-order valence-electron chi connectivity index (χ1n) is 6.87. The lowest BCUT2D eigenvalue weighted by molar-refractivity contribution is 0.108. The molecule has 0 amide bonds. The maximum absolute atomic E-state index is 6.18. The van der Waals surface area contributed by atoms with Crippen molar-refractivity contribution in [3.8, 4) is 0 Å². The summed E-state index contributed by atoms with van der Waals surface area (Å²) in [4.78, 5) is 2.66. The first-order valence-corrected chi connectivity index (χ1v) is 7.92. The normalized spacial score (nSPS) is 27.1. The van der Waals surface area contributed by atoms with Crippen LogP contribution >= 0.6 is 11.8 Å². The third-order valence-corrected chi connectivity index (χ3v) is 5.59. The molecule has 18 heavy (non-hydrogen) atoms. The third-order valence-electron chi connectivity index (χ3n) is 4.45. The average molecular weight is 262 g/mol. The van der Waals surface area contributed by atoms with Crippen molar-refractivity contribution in [1.82, 2.24) is 4.90 Å². The van der Waals surface area contributed by atoms with E-state index in [0.29, 0.717) is 0 Å². The zero-order valence-electron chi connectivity index (χ0n) is 11.1. The van der Waals surface area contributed by atoms with Gasteiger partial charge in [-0.3, -0.25) is 4.90 Å². The standard InChI is InChI=1S/C15H22N2S/c1-12-10-17(6-7-18-12)15(11-16)8-13-4-2-3-5-14(13)9-15/h2-5,12H,6-11,16H2,1H3. The minimum atomic E-state index is 0.193. The summed E-state index contributed by atoms with van der Waals surface area (Å²) in [7, 11) is 0. The largest absolute Gasteiger partial charge is 0.329 e. The molecule has 0 aromatic heterocycles. The predicted octanol–water partition coefficient (Wildman–Crippen LogP) is 1.92. The molecule has 3 rings (SSSR count). The van der Waals surface area contributed by atoms with Gasteiger partial charge in [-0.25, -0.2) is 0 Å². The van der Waals surface area contributed by atoms with Gasteiger partial charge in [0, 0.05) is 36.2 Å². The number of thioether (sulfide) groups is 1. The van der Waals surface area contributed by atoms with Crippen molar-refractivity contribution in [2.45, 2.75) is 30.6 Å². The van der Waals surface area contributed by atoms with E-state index in [2.05, 4.69) is 47.9 Å². The van der Waals surface area contributed by atoms with Crippen molar-refractivity contribution < 1.29 is 0 Å². The van der Waals surface area contributed by atoms with Crippen LogP contribution in [0.15, 0.2) is 24.3 Å². The van der Waals surface area contributed by atoms with Gasteiger partial charge in [-0.05, 0) is 24.0 Å². The highest BCUT2D eigenvalue weighted by atomic mass is 32.2.